The highest BCUT2D eigenvalue weighted by Gasteiger charge is 2.30. The van der Waals surface area contributed by atoms with Crippen LogP contribution in [-0.4, -0.2) is 37.5 Å². The summed E-state index contributed by atoms with van der Waals surface area (Å²) in [5.74, 6) is 0.622. The van der Waals surface area contributed by atoms with Crippen LogP contribution in [0.2, 0.25) is 0 Å². The minimum Gasteiger partial charge on any atom is -0.489 e. The molecule has 0 bridgehead atoms. The van der Waals surface area contributed by atoms with Gasteiger partial charge in [-0.3, -0.25) is 4.90 Å². The zero-order chi connectivity index (χ0) is 16.8. The topological polar surface area (TPSA) is 24.5 Å². The third kappa shape index (κ3) is 4.30. The van der Waals surface area contributed by atoms with E-state index in [1.54, 1.807) is 18.2 Å². The van der Waals surface area contributed by atoms with E-state index in [0.717, 1.165) is 18.7 Å². The molecule has 0 amide bonds. The van der Waals surface area contributed by atoms with Crippen molar-refractivity contribution in [3.63, 3.8) is 0 Å². The van der Waals surface area contributed by atoms with E-state index in [4.69, 9.17) is 4.74 Å². The molecule has 0 saturated carbocycles. The van der Waals surface area contributed by atoms with Gasteiger partial charge in [0, 0.05) is 26.2 Å². The Labute approximate surface area is 141 Å². The van der Waals surface area contributed by atoms with Gasteiger partial charge in [0.15, 0.2) is 0 Å². The Balaban J connectivity index is 1.72. The zero-order valence-corrected chi connectivity index (χ0v) is 13.5. The van der Waals surface area contributed by atoms with Crippen molar-refractivity contribution in [1.29, 1.82) is 0 Å². The number of halogens is 2. The van der Waals surface area contributed by atoms with Crippen molar-refractivity contribution in [2.75, 3.05) is 26.2 Å². The predicted molar refractivity (Wildman–Crippen MR) is 90.4 cm³/mol. The normalized spacial score (nSPS) is 17.0. The number of benzene rings is 2. The average molecular weight is 332 g/mol. The predicted octanol–water partition coefficient (Wildman–Crippen LogP) is 3.48. The fourth-order valence-electron chi connectivity index (χ4n) is 3.01. The fraction of sp³-hybridized carbons (Fsp3) is 0.368. The lowest BCUT2D eigenvalue weighted by Gasteiger charge is -2.34. The first kappa shape index (κ1) is 16.9. The smallest absolute Gasteiger partial charge is 0.258 e. The highest BCUT2D eigenvalue weighted by molar-refractivity contribution is 5.31. The van der Waals surface area contributed by atoms with Crippen LogP contribution in [-0.2, 0) is 6.61 Å². The van der Waals surface area contributed by atoms with Crippen LogP contribution < -0.4 is 10.1 Å². The Morgan fingerprint density at radius 2 is 1.75 bits per heavy atom. The van der Waals surface area contributed by atoms with Crippen LogP contribution >= 0.6 is 0 Å². The van der Waals surface area contributed by atoms with Crippen LogP contribution in [0.3, 0.4) is 0 Å². The molecule has 3 nitrogen and oxygen atoms in total. The molecule has 0 spiro atoms. The highest BCUT2D eigenvalue weighted by Crippen LogP contribution is 2.30. The molecule has 2 aromatic rings. The van der Waals surface area contributed by atoms with Crippen LogP contribution in [0.15, 0.2) is 54.6 Å². The maximum atomic E-state index is 13.6. The highest BCUT2D eigenvalue weighted by atomic mass is 19.3. The van der Waals surface area contributed by atoms with Crippen molar-refractivity contribution in [1.82, 2.24) is 10.2 Å². The van der Waals surface area contributed by atoms with Crippen molar-refractivity contribution >= 4 is 0 Å². The zero-order valence-electron chi connectivity index (χ0n) is 13.5. The summed E-state index contributed by atoms with van der Waals surface area (Å²) in [4.78, 5) is 1.84. The number of piperazine rings is 1. The number of alkyl halides is 2. The molecule has 0 aliphatic carbocycles. The van der Waals surface area contributed by atoms with E-state index >= 15 is 0 Å². The molecule has 1 atom stereocenters. The van der Waals surface area contributed by atoms with Crippen LogP contribution in [0, 0.1) is 0 Å². The van der Waals surface area contributed by atoms with Crippen molar-refractivity contribution in [3.8, 4) is 5.75 Å². The van der Waals surface area contributed by atoms with Crippen LogP contribution in [0.25, 0.3) is 0 Å². The molecule has 0 aromatic heterocycles. The molecule has 24 heavy (non-hydrogen) atoms. The molecule has 1 saturated heterocycles. The summed E-state index contributed by atoms with van der Waals surface area (Å²) < 4.78 is 33.1. The monoisotopic (exact) mass is 332 g/mol. The largest absolute Gasteiger partial charge is 0.489 e. The van der Waals surface area contributed by atoms with Gasteiger partial charge in [0.2, 0.25) is 0 Å². The lowest BCUT2D eigenvalue weighted by Crippen LogP contribution is -2.46. The molecule has 1 heterocycles. The number of hydrogen-bond donors (Lipinski definition) is 1. The molecule has 1 fully saturated rings. The summed E-state index contributed by atoms with van der Waals surface area (Å²) in [5, 5.41) is 3.20. The second-order valence-electron chi connectivity index (χ2n) is 5.91. The van der Waals surface area contributed by atoms with Crippen molar-refractivity contribution < 1.29 is 13.5 Å². The van der Waals surface area contributed by atoms with E-state index in [1.807, 2.05) is 41.3 Å². The third-order valence-electron chi connectivity index (χ3n) is 4.23. The number of rotatable bonds is 6. The third-order valence-corrected chi connectivity index (χ3v) is 4.23. The lowest BCUT2D eigenvalue weighted by molar-refractivity contribution is 0.0181. The van der Waals surface area contributed by atoms with E-state index in [-0.39, 0.29) is 0 Å². The average Bonchev–Trinajstić information content (AvgIpc) is 2.62. The van der Waals surface area contributed by atoms with Gasteiger partial charge in [0.25, 0.3) is 6.43 Å². The van der Waals surface area contributed by atoms with E-state index in [2.05, 4.69) is 5.32 Å². The number of nitrogens with zero attached hydrogens (tertiary/aromatic N) is 1. The van der Waals surface area contributed by atoms with E-state index in [9.17, 15) is 8.78 Å². The van der Waals surface area contributed by atoms with Gasteiger partial charge in [0.05, 0.1) is 6.04 Å². The van der Waals surface area contributed by atoms with Gasteiger partial charge < -0.3 is 10.1 Å². The molecule has 1 N–H and O–H groups in total. The maximum Gasteiger partial charge on any atom is 0.258 e. The maximum absolute atomic E-state index is 13.6. The summed E-state index contributed by atoms with van der Waals surface area (Å²) in [7, 11) is 0. The summed E-state index contributed by atoms with van der Waals surface area (Å²) in [6.07, 6.45) is -2.42. The van der Waals surface area contributed by atoms with Gasteiger partial charge >= 0.3 is 0 Å². The van der Waals surface area contributed by atoms with Gasteiger partial charge in [-0.05, 0) is 23.3 Å². The SMILES string of the molecule is FC(F)[C@@H](c1cccc(OCc2ccccc2)c1)N1CCNCC1. The van der Waals surface area contributed by atoms with Crippen LogP contribution in [0.1, 0.15) is 17.2 Å². The molecular formula is C19H22F2N2O. The van der Waals surface area contributed by atoms with Gasteiger partial charge in [-0.1, -0.05) is 42.5 Å². The molecule has 1 aliphatic heterocycles. The Bertz CT molecular complexity index is 630. The first-order chi connectivity index (χ1) is 11.7. The molecule has 3 rings (SSSR count). The molecule has 2 aromatic carbocycles. The standard InChI is InChI=1S/C19H22F2N2O/c20-19(21)18(23-11-9-22-10-12-23)16-7-4-8-17(13-16)24-14-15-5-2-1-3-6-15/h1-8,13,18-19,22H,9-12,14H2/t18-/m1/s1. The lowest BCUT2D eigenvalue weighted by atomic mass is 10.0. The molecule has 0 radical (unpaired) electrons. The van der Waals surface area contributed by atoms with E-state index in [1.165, 1.54) is 0 Å². The van der Waals surface area contributed by atoms with E-state index in [0.29, 0.717) is 31.0 Å². The fourth-order valence-corrected chi connectivity index (χ4v) is 3.01. The van der Waals surface area contributed by atoms with Crippen molar-refractivity contribution in [2.45, 2.75) is 19.1 Å². The first-order valence-corrected chi connectivity index (χ1v) is 8.23. The van der Waals surface area contributed by atoms with Gasteiger partial charge in [-0.15, -0.1) is 0 Å². The Morgan fingerprint density at radius 3 is 2.46 bits per heavy atom. The minimum absolute atomic E-state index is 0.428. The number of ether oxygens (including phenoxy) is 1. The second kappa shape index (κ2) is 8.22. The van der Waals surface area contributed by atoms with E-state index < -0.39 is 12.5 Å². The van der Waals surface area contributed by atoms with Crippen molar-refractivity contribution in [2.24, 2.45) is 0 Å². The molecule has 128 valence electrons. The van der Waals surface area contributed by atoms with Crippen LogP contribution in [0.5, 0.6) is 5.75 Å². The Kier molecular flexibility index (Phi) is 5.77. The Hall–Kier alpha value is -1.98. The van der Waals surface area contributed by atoms with Crippen molar-refractivity contribution in [3.05, 3.63) is 65.7 Å². The van der Waals surface area contributed by atoms with Gasteiger partial charge in [-0.25, -0.2) is 8.78 Å². The second-order valence-corrected chi connectivity index (χ2v) is 5.91. The van der Waals surface area contributed by atoms with Gasteiger partial charge in [0.1, 0.15) is 12.4 Å². The molecule has 0 unspecified atom stereocenters. The molecule has 5 heteroatoms. The Morgan fingerprint density at radius 1 is 1.00 bits per heavy atom. The number of hydrogen-bond acceptors (Lipinski definition) is 3. The summed E-state index contributed by atoms with van der Waals surface area (Å²) in [6.45, 7) is 3.17. The molecule has 1 aliphatic rings. The summed E-state index contributed by atoms with van der Waals surface area (Å²) in [6, 6.07) is 16.0. The molecular weight excluding hydrogens is 310 g/mol. The minimum atomic E-state index is -2.42. The summed E-state index contributed by atoms with van der Waals surface area (Å²) >= 11 is 0. The number of nitrogens with one attached hydrogen (secondary N) is 1. The van der Waals surface area contributed by atoms with Crippen LogP contribution in [0.4, 0.5) is 8.78 Å². The first-order valence-electron chi connectivity index (χ1n) is 8.23. The quantitative estimate of drug-likeness (QED) is 0.876. The van der Waals surface area contributed by atoms with Gasteiger partial charge in [-0.2, -0.15) is 0 Å². The summed E-state index contributed by atoms with van der Waals surface area (Å²) in [5.41, 5.74) is 1.66.